The van der Waals surface area contributed by atoms with Gasteiger partial charge in [0.05, 0.1) is 11.7 Å². The Morgan fingerprint density at radius 3 is 3.08 bits per heavy atom. The number of aromatic nitrogens is 3. The van der Waals surface area contributed by atoms with Gasteiger partial charge in [-0.3, -0.25) is 0 Å². The molecule has 2 rings (SSSR count). The molecular weight excluding hydrogens is 285 g/mol. The molecule has 0 aliphatic rings. The molecule has 0 N–H and O–H groups in total. The molecule has 0 aliphatic heterocycles. The lowest BCUT2D eigenvalue weighted by Gasteiger charge is -1.96. The van der Waals surface area contributed by atoms with Gasteiger partial charge in [-0.05, 0) is 41.0 Å². The van der Waals surface area contributed by atoms with Crippen LogP contribution < -0.4 is 0 Å². The second-order valence-electron chi connectivity index (χ2n) is 2.24. The van der Waals surface area contributed by atoms with Crippen molar-refractivity contribution in [1.29, 1.82) is 0 Å². The third-order valence-electron chi connectivity index (χ3n) is 1.51. The van der Waals surface area contributed by atoms with Crippen LogP contribution in [0.15, 0.2) is 23.5 Å². The van der Waals surface area contributed by atoms with E-state index < -0.39 is 0 Å². The van der Waals surface area contributed by atoms with Crippen molar-refractivity contribution in [3.63, 3.8) is 0 Å². The van der Waals surface area contributed by atoms with Crippen LogP contribution >= 0.6 is 34.4 Å². The van der Waals surface area contributed by atoms with Gasteiger partial charge in [0.2, 0.25) is 5.16 Å². The van der Waals surface area contributed by atoms with Crippen molar-refractivity contribution >= 4 is 39.9 Å². The fourth-order valence-electron chi connectivity index (χ4n) is 0.948. The monoisotopic (exact) mass is 291 g/mol. The van der Waals surface area contributed by atoms with Gasteiger partial charge in [0.15, 0.2) is 0 Å². The van der Waals surface area contributed by atoms with E-state index in [9.17, 15) is 0 Å². The van der Waals surface area contributed by atoms with Crippen molar-refractivity contribution in [2.24, 2.45) is 0 Å². The molecule has 12 heavy (non-hydrogen) atoms. The molecule has 5 heteroatoms. The van der Waals surface area contributed by atoms with E-state index in [1.807, 2.05) is 29.1 Å². The molecular formula is C7H6IN3S. The summed E-state index contributed by atoms with van der Waals surface area (Å²) in [5, 5.41) is 5.12. The molecule has 0 unspecified atom stereocenters. The SMILES string of the molecule is CSc1ncc2ccc(I)n2n1. The van der Waals surface area contributed by atoms with E-state index in [1.165, 1.54) is 0 Å². The van der Waals surface area contributed by atoms with Crippen molar-refractivity contribution in [2.45, 2.75) is 5.16 Å². The Bertz CT molecular complexity index is 412. The van der Waals surface area contributed by atoms with Crippen molar-refractivity contribution in [2.75, 3.05) is 6.26 Å². The normalized spacial score (nSPS) is 10.8. The maximum atomic E-state index is 4.31. The van der Waals surface area contributed by atoms with Crippen LogP contribution in [-0.2, 0) is 0 Å². The summed E-state index contributed by atoms with van der Waals surface area (Å²) in [5.74, 6) is 0. The molecule has 2 aromatic rings. The van der Waals surface area contributed by atoms with Crippen LogP contribution in [0.25, 0.3) is 5.52 Å². The number of halogens is 1. The van der Waals surface area contributed by atoms with E-state index in [-0.39, 0.29) is 0 Å². The van der Waals surface area contributed by atoms with E-state index in [0.29, 0.717) is 0 Å². The second-order valence-corrected chi connectivity index (χ2v) is 4.12. The maximum Gasteiger partial charge on any atom is 0.207 e. The molecule has 0 fully saturated rings. The molecule has 2 aromatic heterocycles. The van der Waals surface area contributed by atoms with Crippen molar-refractivity contribution in [3.8, 4) is 0 Å². The largest absolute Gasteiger partial charge is 0.228 e. The Morgan fingerprint density at radius 1 is 1.50 bits per heavy atom. The van der Waals surface area contributed by atoms with Crippen LogP contribution in [-0.4, -0.2) is 20.9 Å². The molecule has 3 nitrogen and oxygen atoms in total. The number of hydrogen-bond donors (Lipinski definition) is 0. The lowest BCUT2D eigenvalue weighted by Crippen LogP contribution is -1.96. The summed E-state index contributed by atoms with van der Waals surface area (Å²) in [6, 6.07) is 4.03. The van der Waals surface area contributed by atoms with E-state index in [1.54, 1.807) is 11.8 Å². The highest BCUT2D eigenvalue weighted by molar-refractivity contribution is 14.1. The summed E-state index contributed by atoms with van der Waals surface area (Å²) in [6.07, 6.45) is 3.80. The minimum Gasteiger partial charge on any atom is -0.228 e. The zero-order valence-corrected chi connectivity index (χ0v) is 9.33. The molecule has 0 radical (unpaired) electrons. The lowest BCUT2D eigenvalue weighted by molar-refractivity contribution is 0.786. The fourth-order valence-corrected chi connectivity index (χ4v) is 1.84. The summed E-state index contributed by atoms with van der Waals surface area (Å²) in [4.78, 5) is 4.17. The number of thioether (sulfide) groups is 1. The number of hydrogen-bond acceptors (Lipinski definition) is 3. The van der Waals surface area contributed by atoms with Gasteiger partial charge in [-0.15, -0.1) is 5.10 Å². The second kappa shape index (κ2) is 3.21. The predicted molar refractivity (Wildman–Crippen MR) is 57.5 cm³/mol. The molecule has 0 amide bonds. The molecule has 0 aliphatic carbocycles. The zero-order valence-electron chi connectivity index (χ0n) is 6.36. The molecule has 2 heterocycles. The Balaban J connectivity index is 2.71. The average Bonchev–Trinajstić information content (AvgIpc) is 2.47. The Hall–Kier alpha value is -0.300. The number of fused-ring (bicyclic) bond motifs is 1. The van der Waals surface area contributed by atoms with E-state index in [2.05, 4.69) is 32.7 Å². The summed E-state index contributed by atoms with van der Waals surface area (Å²) < 4.78 is 3.00. The Morgan fingerprint density at radius 2 is 2.33 bits per heavy atom. The van der Waals surface area contributed by atoms with E-state index >= 15 is 0 Å². The molecule has 0 atom stereocenters. The van der Waals surface area contributed by atoms with Gasteiger partial charge in [-0.2, -0.15) is 0 Å². The average molecular weight is 291 g/mol. The van der Waals surface area contributed by atoms with Crippen LogP contribution in [0.5, 0.6) is 0 Å². The van der Waals surface area contributed by atoms with Crippen molar-refractivity contribution in [1.82, 2.24) is 14.6 Å². The van der Waals surface area contributed by atoms with Crippen LogP contribution in [0.3, 0.4) is 0 Å². The standard InChI is InChI=1S/C7H6IN3S/c1-12-7-9-4-5-2-3-6(8)11(5)10-7/h2-4H,1H3. The Kier molecular flexibility index (Phi) is 2.22. The van der Waals surface area contributed by atoms with E-state index in [4.69, 9.17) is 0 Å². The van der Waals surface area contributed by atoms with Crippen LogP contribution in [0, 0.1) is 3.70 Å². The summed E-state index contributed by atoms with van der Waals surface area (Å²) >= 11 is 3.80. The third-order valence-corrected chi connectivity index (χ3v) is 2.88. The van der Waals surface area contributed by atoms with Gasteiger partial charge in [0.1, 0.15) is 3.70 Å². The molecule has 0 saturated carbocycles. The first kappa shape index (κ1) is 8.31. The van der Waals surface area contributed by atoms with Crippen LogP contribution in [0.2, 0.25) is 0 Å². The van der Waals surface area contributed by atoms with Gasteiger partial charge >= 0.3 is 0 Å². The first-order valence-corrected chi connectivity index (χ1v) is 5.66. The first-order valence-electron chi connectivity index (χ1n) is 3.35. The smallest absolute Gasteiger partial charge is 0.207 e. The minimum atomic E-state index is 0.802. The fraction of sp³-hybridized carbons (Fsp3) is 0.143. The van der Waals surface area contributed by atoms with Crippen LogP contribution in [0.1, 0.15) is 0 Å². The quantitative estimate of drug-likeness (QED) is 0.595. The van der Waals surface area contributed by atoms with Crippen LogP contribution in [0.4, 0.5) is 0 Å². The maximum absolute atomic E-state index is 4.31. The lowest BCUT2D eigenvalue weighted by atomic mass is 10.5. The minimum absolute atomic E-state index is 0.802. The molecule has 0 saturated heterocycles. The Labute approximate surface area is 87.7 Å². The van der Waals surface area contributed by atoms with Gasteiger partial charge in [0, 0.05) is 0 Å². The molecule has 0 aromatic carbocycles. The van der Waals surface area contributed by atoms with Gasteiger partial charge in [-0.25, -0.2) is 9.50 Å². The highest BCUT2D eigenvalue weighted by atomic mass is 127. The molecule has 0 bridgehead atoms. The summed E-state index contributed by atoms with van der Waals surface area (Å²) in [5.41, 5.74) is 1.04. The highest BCUT2D eigenvalue weighted by Crippen LogP contribution is 2.13. The van der Waals surface area contributed by atoms with Crippen molar-refractivity contribution in [3.05, 3.63) is 22.0 Å². The first-order chi connectivity index (χ1) is 5.81. The summed E-state index contributed by atoms with van der Waals surface area (Å²) in [6.45, 7) is 0. The molecule has 0 spiro atoms. The number of rotatable bonds is 1. The topological polar surface area (TPSA) is 30.2 Å². The summed E-state index contributed by atoms with van der Waals surface area (Å²) in [7, 11) is 0. The molecule has 62 valence electrons. The zero-order chi connectivity index (χ0) is 8.55. The van der Waals surface area contributed by atoms with Gasteiger partial charge < -0.3 is 0 Å². The van der Waals surface area contributed by atoms with Gasteiger partial charge in [-0.1, -0.05) is 11.8 Å². The van der Waals surface area contributed by atoms with E-state index in [0.717, 1.165) is 14.4 Å². The van der Waals surface area contributed by atoms with Gasteiger partial charge in [0.25, 0.3) is 0 Å². The third kappa shape index (κ3) is 1.31. The number of nitrogens with zero attached hydrogens (tertiary/aromatic N) is 3. The highest BCUT2D eigenvalue weighted by Gasteiger charge is 2.00. The van der Waals surface area contributed by atoms with Crippen molar-refractivity contribution < 1.29 is 0 Å². The predicted octanol–water partition coefficient (Wildman–Crippen LogP) is 2.06.